The van der Waals surface area contributed by atoms with Crippen LogP contribution < -0.4 is 26.5 Å². The van der Waals surface area contributed by atoms with Crippen LogP contribution in [0.1, 0.15) is 74.4 Å². The van der Waals surface area contributed by atoms with E-state index in [4.69, 9.17) is 0 Å². The fourth-order valence-electron chi connectivity index (χ4n) is 8.52. The molecule has 0 fully saturated rings. The summed E-state index contributed by atoms with van der Waals surface area (Å²) in [5.41, 5.74) is 14.5. The number of anilines is 1. The van der Waals surface area contributed by atoms with E-state index >= 15 is 0 Å². The molecule has 10 rings (SSSR count). The summed E-state index contributed by atoms with van der Waals surface area (Å²) >= 11 is 3.54. The molecule has 0 radical (unpaired) electrons. The van der Waals surface area contributed by atoms with Crippen LogP contribution >= 0.6 is 22.7 Å². The van der Waals surface area contributed by atoms with Gasteiger partial charge in [-0.05, 0) is 124 Å². The fraction of sp³-hybridized carbons (Fsp3) is 0.186. The number of thiophene rings is 2. The van der Waals surface area contributed by atoms with Crippen LogP contribution in [0.25, 0.3) is 101 Å². The third-order valence-corrected chi connectivity index (χ3v) is 14.0. The first-order valence-electron chi connectivity index (χ1n) is 24.1. The van der Waals surface area contributed by atoms with E-state index in [-0.39, 0.29) is 0 Å². The molecule has 0 aliphatic heterocycles. The first-order chi connectivity index (χ1) is 34.9. The number of pyridine rings is 4. The predicted molar refractivity (Wildman–Crippen MR) is 306 cm³/mol. The standard InChI is InChI=1S/C31H32N6S.C26H23N5S.C2H6/c1-7-27-25(11-19(4)22-12-23(15-32-14-22)34-20(5)10-18(2)3)31(37-36-27)28-13-24-26(16-33-17-29(24)35-28)30-9-8-21(6)38-30;1-5-22-19(10-16(3)20-12-27-9-8-15(20)2)26(31-30-22)23-11-18-21(13-28-14-24(18)29-23)25-7-6-17(4)32-25;1-2/h7-9,11-18,34-36H,4-5,10H2,1-3,6H3;5-14,29-30H,3H2,1-2,4H3;1-2H3/b25-11+,27-7+;19-10+,22-5+;. The monoisotopic (exact) mass is 987 g/mol. The minimum Gasteiger partial charge on any atom is -0.358 e. The molecule has 364 valence electrons. The number of hydrogen-bond donors (Lipinski definition) is 5. The minimum absolute atomic E-state index is 0.531. The maximum Gasteiger partial charge on any atom is 0.116 e. The molecule has 0 atom stereocenters. The number of allylic oxidation sites excluding steroid dienone is 3. The lowest BCUT2D eigenvalue weighted by Gasteiger charge is -2.12. The van der Waals surface area contributed by atoms with Gasteiger partial charge in [-0.15, -0.1) is 22.7 Å². The molecular weight excluding hydrogens is 927 g/mol. The van der Waals surface area contributed by atoms with E-state index in [0.717, 1.165) is 122 Å². The summed E-state index contributed by atoms with van der Waals surface area (Å²) in [5.74, 6) is 0.531. The summed E-state index contributed by atoms with van der Waals surface area (Å²) in [6, 6.07) is 17.0. The Labute approximate surface area is 428 Å². The van der Waals surface area contributed by atoms with Gasteiger partial charge in [0.15, 0.2) is 0 Å². The number of fused-ring (bicyclic) bond motifs is 2. The maximum absolute atomic E-state index is 4.67. The molecule has 0 aromatic carbocycles. The average molecular weight is 988 g/mol. The summed E-state index contributed by atoms with van der Waals surface area (Å²) < 4.78 is 0. The number of aromatic nitrogens is 10. The van der Waals surface area contributed by atoms with Crippen molar-refractivity contribution < 1.29 is 0 Å². The Bertz CT molecular complexity index is 3850. The van der Waals surface area contributed by atoms with Crippen LogP contribution in [-0.4, -0.2) is 50.3 Å². The van der Waals surface area contributed by atoms with E-state index in [2.05, 4.69) is 165 Å². The Morgan fingerprint density at radius 1 is 0.639 bits per heavy atom. The van der Waals surface area contributed by atoms with Crippen LogP contribution in [0.2, 0.25) is 0 Å². The summed E-state index contributed by atoms with van der Waals surface area (Å²) in [6.07, 6.45) is 24.0. The zero-order valence-electron chi connectivity index (χ0n) is 42.5. The molecule has 72 heavy (non-hydrogen) atoms. The van der Waals surface area contributed by atoms with Crippen molar-refractivity contribution in [3.05, 3.63) is 171 Å². The predicted octanol–water partition coefficient (Wildman–Crippen LogP) is 12.7. The number of nitrogens with zero attached hydrogens (tertiary/aromatic N) is 6. The van der Waals surface area contributed by atoms with E-state index < -0.39 is 0 Å². The van der Waals surface area contributed by atoms with Gasteiger partial charge in [0.05, 0.1) is 57.4 Å². The lowest BCUT2D eigenvalue weighted by Crippen LogP contribution is -2.23. The van der Waals surface area contributed by atoms with Crippen molar-refractivity contribution in [1.29, 1.82) is 0 Å². The highest BCUT2D eigenvalue weighted by atomic mass is 32.1. The quantitative estimate of drug-likeness (QED) is 0.0817. The number of H-pyrrole nitrogens is 4. The summed E-state index contributed by atoms with van der Waals surface area (Å²) in [5, 5.41) is 25.1. The lowest BCUT2D eigenvalue weighted by molar-refractivity contribution is 0.645. The van der Waals surface area contributed by atoms with Crippen LogP contribution in [-0.2, 0) is 0 Å². The number of rotatable bonds is 12. The average Bonchev–Trinajstić information content (AvgIpc) is 4.25. The number of aryl methyl sites for hydroxylation is 3. The molecular formula is C59H61N11S2. The van der Waals surface area contributed by atoms with Crippen LogP contribution in [0.15, 0.2) is 124 Å². The van der Waals surface area contributed by atoms with E-state index in [1.165, 1.54) is 19.5 Å². The van der Waals surface area contributed by atoms with Gasteiger partial charge in [0, 0.05) is 99.7 Å². The second-order valence-electron chi connectivity index (χ2n) is 17.7. The second-order valence-corrected chi connectivity index (χ2v) is 20.3. The Morgan fingerprint density at radius 3 is 1.65 bits per heavy atom. The molecule has 10 aromatic rings. The molecule has 0 spiro atoms. The van der Waals surface area contributed by atoms with E-state index in [9.17, 15) is 0 Å². The molecule has 5 N–H and O–H groups in total. The lowest BCUT2D eigenvalue weighted by atomic mass is 10.0. The van der Waals surface area contributed by atoms with Crippen molar-refractivity contribution in [2.24, 2.45) is 5.92 Å². The highest BCUT2D eigenvalue weighted by Gasteiger charge is 2.16. The molecule has 0 bridgehead atoms. The number of nitrogens with one attached hydrogen (secondary N) is 5. The van der Waals surface area contributed by atoms with Gasteiger partial charge >= 0.3 is 0 Å². The summed E-state index contributed by atoms with van der Waals surface area (Å²) in [6.45, 7) is 31.5. The first kappa shape index (κ1) is 50.4. The summed E-state index contributed by atoms with van der Waals surface area (Å²) in [7, 11) is 0. The molecule has 11 nitrogen and oxygen atoms in total. The van der Waals surface area contributed by atoms with Crippen LogP contribution in [0.5, 0.6) is 0 Å². The highest BCUT2D eigenvalue weighted by Crippen LogP contribution is 2.36. The van der Waals surface area contributed by atoms with Gasteiger partial charge in [-0.3, -0.25) is 30.1 Å². The van der Waals surface area contributed by atoms with Crippen LogP contribution in [0, 0.1) is 26.7 Å². The first-order valence-corrected chi connectivity index (χ1v) is 25.7. The topological polar surface area (TPSA) is 153 Å². The number of hydrogen-bond acceptors (Lipinski definition) is 9. The van der Waals surface area contributed by atoms with Gasteiger partial charge in [-0.1, -0.05) is 59.6 Å². The normalized spacial score (nSPS) is 12.4. The SMILES string of the molecule is C=C(/C=c1/c(-c2cc3c(-c4ccc(C)s4)cncc3[nH]2)n[nH]/c1=C/C)c1cnccc1C.C=C(CC(C)C)Nc1cncc(C(=C)/C=c2/c(-c3cc4c(-c5ccc(C)s5)cncc4[nH]3)n[nH]/c2=C/C)c1.CC. The molecule has 0 amide bonds. The molecule has 10 heterocycles. The zero-order valence-corrected chi connectivity index (χ0v) is 44.1. The smallest absolute Gasteiger partial charge is 0.116 e. The van der Waals surface area contributed by atoms with Crippen LogP contribution in [0.4, 0.5) is 5.69 Å². The molecule has 0 saturated heterocycles. The van der Waals surface area contributed by atoms with Crippen LogP contribution in [0.3, 0.4) is 0 Å². The molecule has 0 saturated carbocycles. The highest BCUT2D eigenvalue weighted by molar-refractivity contribution is 7.15. The van der Waals surface area contributed by atoms with Crippen molar-refractivity contribution in [2.75, 3.05) is 5.32 Å². The minimum atomic E-state index is 0.531. The number of aromatic amines is 4. The van der Waals surface area contributed by atoms with Gasteiger partial charge in [-0.25, -0.2) is 0 Å². The van der Waals surface area contributed by atoms with Gasteiger partial charge in [-0.2, -0.15) is 10.2 Å². The molecule has 13 heteroatoms. The molecule has 0 aliphatic rings. The third kappa shape index (κ3) is 11.0. The Kier molecular flexibility index (Phi) is 15.7. The van der Waals surface area contributed by atoms with E-state index in [0.29, 0.717) is 5.92 Å². The Hall–Kier alpha value is -8.00. The van der Waals surface area contributed by atoms with Gasteiger partial charge in [0.1, 0.15) is 11.4 Å². The van der Waals surface area contributed by atoms with E-state index in [1.54, 1.807) is 28.9 Å². The van der Waals surface area contributed by atoms with Crippen molar-refractivity contribution in [2.45, 2.75) is 68.7 Å². The zero-order chi connectivity index (χ0) is 51.1. The van der Waals surface area contributed by atoms with E-state index in [1.807, 2.05) is 89.3 Å². The third-order valence-electron chi connectivity index (χ3n) is 12.0. The largest absolute Gasteiger partial charge is 0.358 e. The van der Waals surface area contributed by atoms with Gasteiger partial charge in [0.2, 0.25) is 0 Å². The van der Waals surface area contributed by atoms with Crippen molar-refractivity contribution in [1.82, 2.24) is 50.3 Å². The maximum atomic E-state index is 4.67. The molecule has 0 aliphatic carbocycles. The van der Waals surface area contributed by atoms with Crippen molar-refractivity contribution in [3.63, 3.8) is 0 Å². The fourth-order valence-corrected chi connectivity index (χ4v) is 10.3. The van der Waals surface area contributed by atoms with Crippen molar-refractivity contribution in [3.8, 4) is 43.7 Å². The molecule has 0 unspecified atom stereocenters. The molecule has 10 aromatic heterocycles. The second kappa shape index (κ2) is 22.4. The van der Waals surface area contributed by atoms with Gasteiger partial charge in [0.25, 0.3) is 0 Å². The summed E-state index contributed by atoms with van der Waals surface area (Å²) in [4.78, 5) is 29.7. The Balaban J connectivity index is 0.000000189. The Morgan fingerprint density at radius 2 is 1.17 bits per heavy atom. The van der Waals surface area contributed by atoms with Gasteiger partial charge < -0.3 is 15.3 Å². The van der Waals surface area contributed by atoms with Crippen molar-refractivity contribution >= 4 is 85.6 Å².